The molecule has 2 atom stereocenters. The molecule has 0 saturated carbocycles. The molecule has 5 N–H and O–H groups in total. The minimum atomic E-state index is -0.746. The van der Waals surface area contributed by atoms with E-state index in [9.17, 15) is 14.4 Å². The summed E-state index contributed by atoms with van der Waals surface area (Å²) in [5, 5.41) is 11.5. The molecule has 4 aromatic heterocycles. The summed E-state index contributed by atoms with van der Waals surface area (Å²) >= 11 is 0. The molecule has 0 bridgehead atoms. The zero-order valence-corrected chi connectivity index (χ0v) is 24.6. The number of rotatable bonds is 6. The number of aromatic nitrogens is 7. The summed E-state index contributed by atoms with van der Waals surface area (Å²) < 4.78 is 4.30. The van der Waals surface area contributed by atoms with E-state index in [0.29, 0.717) is 28.0 Å². The molecule has 13 nitrogen and oxygen atoms in total. The van der Waals surface area contributed by atoms with Crippen LogP contribution in [0.4, 0.5) is 5.82 Å². The number of nitrogens with one attached hydrogen (secondary N) is 1. The molecule has 1 unspecified atom stereocenters. The van der Waals surface area contributed by atoms with Gasteiger partial charge in [0.25, 0.3) is 11.5 Å². The lowest BCUT2D eigenvalue weighted by Gasteiger charge is -2.20. The van der Waals surface area contributed by atoms with Gasteiger partial charge in [0.1, 0.15) is 17.1 Å². The zero-order chi connectivity index (χ0) is 31.8. The third kappa shape index (κ3) is 5.19. The van der Waals surface area contributed by atoms with Crippen molar-refractivity contribution in [2.24, 2.45) is 12.8 Å². The molecule has 0 spiro atoms. The second-order valence-electron chi connectivity index (χ2n) is 10.4. The molecule has 13 heteroatoms. The highest BCUT2D eigenvalue weighted by atomic mass is 16.2. The fourth-order valence-electron chi connectivity index (χ4n) is 5.10. The number of nitrogens with two attached hydrogens (primary N) is 2. The first-order valence-electron chi connectivity index (χ1n) is 14.0. The van der Waals surface area contributed by atoms with Gasteiger partial charge in [-0.05, 0) is 44.2 Å². The zero-order valence-electron chi connectivity index (χ0n) is 24.6. The maximum Gasteiger partial charge on any atom is 0.267 e. The molecule has 0 aliphatic carbocycles. The number of ketones is 1. The molecule has 224 valence electrons. The largest absolute Gasteiger partial charge is 0.381 e. The first-order chi connectivity index (χ1) is 21.7. The Morgan fingerprint density at radius 3 is 2.51 bits per heavy atom. The maximum atomic E-state index is 14.3. The second-order valence-corrected chi connectivity index (χ2v) is 10.4. The topological polar surface area (TPSA) is 181 Å². The van der Waals surface area contributed by atoms with Crippen molar-refractivity contribution in [2.75, 3.05) is 5.73 Å². The van der Waals surface area contributed by atoms with Crippen molar-refractivity contribution in [3.8, 4) is 17.5 Å². The van der Waals surface area contributed by atoms with Crippen LogP contribution in [0.2, 0.25) is 0 Å². The fraction of sp³-hybridized carbons (Fsp3) is 0.156. The predicted molar refractivity (Wildman–Crippen MR) is 168 cm³/mol. The lowest BCUT2D eigenvalue weighted by Crippen LogP contribution is -2.33. The van der Waals surface area contributed by atoms with E-state index in [1.165, 1.54) is 20.0 Å². The number of para-hydroxylation sites is 1. The first-order valence-corrected chi connectivity index (χ1v) is 14.0. The Morgan fingerprint density at radius 2 is 1.76 bits per heavy atom. The monoisotopic (exact) mass is 600 g/mol. The van der Waals surface area contributed by atoms with Gasteiger partial charge >= 0.3 is 0 Å². The van der Waals surface area contributed by atoms with Crippen LogP contribution in [0.1, 0.15) is 57.7 Å². The van der Waals surface area contributed by atoms with Crippen molar-refractivity contribution >= 4 is 34.1 Å². The Bertz CT molecular complexity index is 2240. The van der Waals surface area contributed by atoms with Gasteiger partial charge in [-0.25, -0.2) is 14.5 Å². The van der Waals surface area contributed by atoms with E-state index in [0.717, 1.165) is 0 Å². The van der Waals surface area contributed by atoms with E-state index in [2.05, 4.69) is 32.3 Å². The number of anilines is 1. The summed E-state index contributed by atoms with van der Waals surface area (Å²) in [7, 11) is 1.64. The Labute approximate surface area is 256 Å². The summed E-state index contributed by atoms with van der Waals surface area (Å²) in [6.07, 6.45) is 4.67. The summed E-state index contributed by atoms with van der Waals surface area (Å²) in [6.45, 7) is 3.32. The fourth-order valence-corrected chi connectivity index (χ4v) is 5.10. The Morgan fingerprint density at radius 1 is 1.00 bits per heavy atom. The predicted octanol–water partition coefficient (Wildman–Crippen LogP) is 2.16. The number of carbonyl (C=O) groups excluding carboxylic acids is 2. The molecule has 6 rings (SSSR count). The van der Waals surface area contributed by atoms with Gasteiger partial charge in [-0.15, -0.1) is 5.10 Å². The molecule has 45 heavy (non-hydrogen) atoms. The maximum absolute atomic E-state index is 14.3. The number of carbonyl (C=O) groups is 2. The number of hydrogen-bond acceptors (Lipinski definition) is 9. The lowest BCUT2D eigenvalue weighted by molar-refractivity contribution is 0.0937. The van der Waals surface area contributed by atoms with Crippen LogP contribution in [0.25, 0.3) is 22.2 Å². The molecule has 0 aliphatic heterocycles. The number of nitrogens with zero attached hydrogens (tertiary/aromatic N) is 7. The molecular weight excluding hydrogens is 572 g/mol. The van der Waals surface area contributed by atoms with E-state index in [1.807, 2.05) is 6.07 Å². The number of aryl methyl sites for hydroxylation is 1. The quantitative estimate of drug-likeness (QED) is 0.191. The molecule has 0 fully saturated rings. The number of Topliss-reactive ketones (excluding diaryl/α,β-unsaturated/α-hetero) is 1. The van der Waals surface area contributed by atoms with Crippen molar-refractivity contribution in [1.29, 1.82) is 0 Å². The molecule has 1 amide bonds. The van der Waals surface area contributed by atoms with Gasteiger partial charge in [0.2, 0.25) is 0 Å². The van der Waals surface area contributed by atoms with Crippen molar-refractivity contribution < 1.29 is 9.59 Å². The highest BCUT2D eigenvalue weighted by Crippen LogP contribution is 2.22. The minimum absolute atomic E-state index is 0.0212. The molecule has 2 aromatic carbocycles. The van der Waals surface area contributed by atoms with Gasteiger partial charge in [-0.1, -0.05) is 36.1 Å². The summed E-state index contributed by atoms with van der Waals surface area (Å²) in [6, 6.07) is 14.3. The van der Waals surface area contributed by atoms with Crippen LogP contribution < -0.4 is 22.3 Å². The van der Waals surface area contributed by atoms with Crippen LogP contribution in [0.15, 0.2) is 78.0 Å². The van der Waals surface area contributed by atoms with Crippen LogP contribution in [0.5, 0.6) is 0 Å². The van der Waals surface area contributed by atoms with E-state index in [4.69, 9.17) is 16.5 Å². The van der Waals surface area contributed by atoms with Gasteiger partial charge in [-0.3, -0.25) is 23.6 Å². The first kappa shape index (κ1) is 29.0. The van der Waals surface area contributed by atoms with E-state index < -0.39 is 18.0 Å². The van der Waals surface area contributed by atoms with Crippen LogP contribution in [0.3, 0.4) is 0 Å². The molecular formula is C32H28N10O3. The molecule has 0 aliphatic rings. The normalized spacial score (nSPS) is 12.4. The number of nitrogen functional groups attached to an aromatic ring is 1. The van der Waals surface area contributed by atoms with Gasteiger partial charge in [0, 0.05) is 25.0 Å². The number of hydrogen-bond donors (Lipinski definition) is 3. The third-order valence-corrected chi connectivity index (χ3v) is 7.24. The standard InChI is InChI=1S/C32H28N10O3/c1-18(33)27(43)26-21(17-36-40(26)3)14-13-20-9-7-12-23-24(20)32(45)42(22-10-5-4-6-11-22)29(38-23)19(2)37-31(44)25-28(34)39-41-16-8-15-35-30(25)41/h4-12,15-19H,33H2,1-3H3,(H2,34,39)(H,37,44)/t18?,19-/m0/s1. The summed E-state index contributed by atoms with van der Waals surface area (Å²) in [4.78, 5) is 49.6. The SMILES string of the molecule is CC(N)C(=O)c1c(C#Cc2cccc3nc([C@H](C)NC(=O)c4c(N)nn5cccnc45)n(-c4ccccc4)c(=O)c23)cnn1C. The van der Waals surface area contributed by atoms with Crippen molar-refractivity contribution in [3.63, 3.8) is 0 Å². The number of benzene rings is 2. The Balaban J connectivity index is 1.47. The van der Waals surface area contributed by atoms with Crippen LogP contribution in [-0.4, -0.2) is 51.7 Å². The average molecular weight is 601 g/mol. The van der Waals surface area contributed by atoms with Gasteiger partial charge < -0.3 is 16.8 Å². The van der Waals surface area contributed by atoms with Crippen molar-refractivity contribution in [1.82, 2.24) is 39.2 Å². The molecule has 6 aromatic rings. The minimum Gasteiger partial charge on any atom is -0.381 e. The van der Waals surface area contributed by atoms with E-state index >= 15 is 0 Å². The Kier molecular flexibility index (Phi) is 7.41. The van der Waals surface area contributed by atoms with E-state index in [-0.39, 0.29) is 39.6 Å². The van der Waals surface area contributed by atoms with Gasteiger partial charge in [0.15, 0.2) is 17.2 Å². The molecule has 0 saturated heterocycles. The van der Waals surface area contributed by atoms with Gasteiger partial charge in [-0.2, -0.15) is 5.10 Å². The molecule has 4 heterocycles. The van der Waals surface area contributed by atoms with Crippen LogP contribution in [0, 0.1) is 11.8 Å². The number of fused-ring (bicyclic) bond motifs is 2. The molecule has 0 radical (unpaired) electrons. The lowest BCUT2D eigenvalue weighted by atomic mass is 10.1. The van der Waals surface area contributed by atoms with Gasteiger partial charge in [0.05, 0.1) is 40.4 Å². The smallest absolute Gasteiger partial charge is 0.267 e. The number of amides is 1. The summed E-state index contributed by atoms with van der Waals surface area (Å²) in [5.74, 6) is 5.53. The highest BCUT2D eigenvalue weighted by Gasteiger charge is 2.25. The van der Waals surface area contributed by atoms with Crippen molar-refractivity contribution in [2.45, 2.75) is 25.9 Å². The van der Waals surface area contributed by atoms with E-state index in [1.54, 1.807) is 81.8 Å². The average Bonchev–Trinajstić information content (AvgIpc) is 3.57. The summed E-state index contributed by atoms with van der Waals surface area (Å²) in [5.41, 5.74) is 13.9. The third-order valence-electron chi connectivity index (χ3n) is 7.24. The van der Waals surface area contributed by atoms with Crippen LogP contribution >= 0.6 is 0 Å². The van der Waals surface area contributed by atoms with Crippen molar-refractivity contribution in [3.05, 3.63) is 112 Å². The second kappa shape index (κ2) is 11.5. The van der Waals surface area contributed by atoms with Crippen LogP contribution in [-0.2, 0) is 7.05 Å². The highest BCUT2D eigenvalue weighted by molar-refractivity contribution is 6.04. The Hall–Kier alpha value is -6.13.